The number of rotatable bonds is 9. The van der Waals surface area contributed by atoms with E-state index < -0.39 is 5.92 Å². The molecule has 2 unspecified atom stereocenters. The summed E-state index contributed by atoms with van der Waals surface area (Å²) >= 11 is 5.07. The molecule has 0 radical (unpaired) electrons. The van der Waals surface area contributed by atoms with Crippen LogP contribution in [0.3, 0.4) is 0 Å². The van der Waals surface area contributed by atoms with Gasteiger partial charge in [-0.05, 0) is 18.9 Å². The van der Waals surface area contributed by atoms with Crippen LogP contribution in [0.1, 0.15) is 57.4 Å². The second-order valence-electron chi connectivity index (χ2n) is 5.51. The van der Waals surface area contributed by atoms with Crippen molar-refractivity contribution in [2.45, 2.75) is 57.9 Å². The summed E-state index contributed by atoms with van der Waals surface area (Å²) < 4.78 is 0. The molecule has 2 atom stereocenters. The Bertz CT molecular complexity index is 447. The topological polar surface area (TPSA) is 55.1 Å². The second kappa shape index (κ2) is 9.50. The maximum atomic E-state index is 12.4. The molecule has 0 heterocycles. The van der Waals surface area contributed by atoms with E-state index in [1.54, 1.807) is 0 Å². The highest BCUT2D eigenvalue weighted by Crippen LogP contribution is 2.17. The van der Waals surface area contributed by atoms with Crippen molar-refractivity contribution in [2.75, 3.05) is 0 Å². The molecule has 0 aliphatic carbocycles. The zero-order valence-electron chi connectivity index (χ0n) is 13.0. The van der Waals surface area contributed by atoms with Crippen molar-refractivity contribution >= 4 is 23.1 Å². The number of carbonyl (C=O) groups is 1. The number of hydrogen-bond donors (Lipinski definition) is 2. The second-order valence-corrected chi connectivity index (χ2v) is 5.98. The number of unbranched alkanes of at least 4 members (excludes halogenated alkanes) is 3. The maximum absolute atomic E-state index is 12.4. The molecule has 0 saturated carbocycles. The van der Waals surface area contributed by atoms with Gasteiger partial charge in [0.15, 0.2) is 0 Å². The van der Waals surface area contributed by atoms with Gasteiger partial charge in [0, 0.05) is 6.04 Å². The van der Waals surface area contributed by atoms with Gasteiger partial charge in [-0.3, -0.25) is 4.79 Å². The first-order valence-corrected chi connectivity index (χ1v) is 8.11. The zero-order valence-corrected chi connectivity index (χ0v) is 13.8. The van der Waals surface area contributed by atoms with Crippen molar-refractivity contribution in [3.05, 3.63) is 35.9 Å². The number of thiocarbonyl (C=S) groups is 1. The average Bonchev–Trinajstić information content (AvgIpc) is 2.44. The standard InChI is InChI=1S/C17H26N2OS/c1-3-4-5-7-10-13(2)19-17(20)15(16(18)21)14-11-8-6-9-12-14/h6,8-9,11-13,15H,3-5,7,10H2,1-2H3,(H2,18,21)(H,19,20). The van der Waals surface area contributed by atoms with E-state index in [1.165, 1.54) is 19.3 Å². The molecule has 1 amide bonds. The lowest BCUT2D eigenvalue weighted by Crippen LogP contribution is -2.40. The highest BCUT2D eigenvalue weighted by molar-refractivity contribution is 7.80. The Balaban J connectivity index is 2.56. The van der Waals surface area contributed by atoms with Gasteiger partial charge in [0.25, 0.3) is 0 Å². The van der Waals surface area contributed by atoms with Crippen LogP contribution in [0.2, 0.25) is 0 Å². The fourth-order valence-electron chi connectivity index (χ4n) is 2.37. The first-order chi connectivity index (χ1) is 10.1. The summed E-state index contributed by atoms with van der Waals surface area (Å²) in [6, 6.07) is 9.61. The van der Waals surface area contributed by atoms with Crippen molar-refractivity contribution in [3.8, 4) is 0 Å². The molecule has 3 nitrogen and oxygen atoms in total. The van der Waals surface area contributed by atoms with Crippen molar-refractivity contribution < 1.29 is 4.79 Å². The van der Waals surface area contributed by atoms with Crippen LogP contribution >= 0.6 is 12.2 Å². The van der Waals surface area contributed by atoms with E-state index in [0.29, 0.717) is 0 Å². The average molecular weight is 306 g/mol. The number of amides is 1. The van der Waals surface area contributed by atoms with E-state index in [0.717, 1.165) is 18.4 Å². The van der Waals surface area contributed by atoms with Crippen molar-refractivity contribution in [1.29, 1.82) is 0 Å². The fraction of sp³-hybridized carbons (Fsp3) is 0.529. The van der Waals surface area contributed by atoms with E-state index in [1.807, 2.05) is 37.3 Å². The number of hydrogen-bond acceptors (Lipinski definition) is 2. The Morgan fingerprint density at radius 2 is 1.90 bits per heavy atom. The van der Waals surface area contributed by atoms with Gasteiger partial charge < -0.3 is 11.1 Å². The molecular formula is C17H26N2OS. The molecule has 21 heavy (non-hydrogen) atoms. The molecule has 0 aromatic heterocycles. The van der Waals surface area contributed by atoms with E-state index in [9.17, 15) is 4.79 Å². The van der Waals surface area contributed by atoms with Gasteiger partial charge in [-0.25, -0.2) is 0 Å². The summed E-state index contributed by atoms with van der Waals surface area (Å²) in [5.74, 6) is -0.643. The minimum absolute atomic E-state index is 0.100. The van der Waals surface area contributed by atoms with Crippen LogP contribution in [-0.4, -0.2) is 16.9 Å². The molecule has 0 aliphatic rings. The van der Waals surface area contributed by atoms with Gasteiger partial charge in [0.1, 0.15) is 5.92 Å². The van der Waals surface area contributed by atoms with Gasteiger partial charge >= 0.3 is 0 Å². The third kappa shape index (κ3) is 6.25. The number of nitrogens with one attached hydrogen (secondary N) is 1. The predicted octanol–water partition coefficient (Wildman–Crippen LogP) is 3.53. The van der Waals surface area contributed by atoms with Crippen molar-refractivity contribution in [2.24, 2.45) is 5.73 Å². The summed E-state index contributed by atoms with van der Waals surface area (Å²) in [5, 5.41) is 3.03. The zero-order chi connectivity index (χ0) is 15.7. The molecule has 4 heteroatoms. The molecular weight excluding hydrogens is 280 g/mol. The van der Waals surface area contributed by atoms with Gasteiger partial charge in [-0.1, -0.05) is 75.2 Å². The lowest BCUT2D eigenvalue weighted by molar-refractivity contribution is -0.121. The number of carbonyl (C=O) groups excluding carboxylic acids is 1. The van der Waals surface area contributed by atoms with E-state index >= 15 is 0 Å². The smallest absolute Gasteiger partial charge is 0.234 e. The fourth-order valence-corrected chi connectivity index (χ4v) is 2.61. The molecule has 1 aromatic rings. The summed E-state index contributed by atoms with van der Waals surface area (Å²) in [6.45, 7) is 4.23. The van der Waals surface area contributed by atoms with Crippen LogP contribution in [-0.2, 0) is 4.79 Å². The van der Waals surface area contributed by atoms with Crippen LogP contribution in [0.15, 0.2) is 30.3 Å². The number of nitrogens with two attached hydrogens (primary N) is 1. The molecule has 0 spiro atoms. The first kappa shape index (κ1) is 17.6. The van der Waals surface area contributed by atoms with Crippen LogP contribution in [0.25, 0.3) is 0 Å². The van der Waals surface area contributed by atoms with E-state index in [-0.39, 0.29) is 16.9 Å². The lowest BCUT2D eigenvalue weighted by Gasteiger charge is -2.20. The molecule has 0 bridgehead atoms. The molecule has 1 aromatic carbocycles. The van der Waals surface area contributed by atoms with Crippen LogP contribution < -0.4 is 11.1 Å². The van der Waals surface area contributed by atoms with Crippen LogP contribution in [0.5, 0.6) is 0 Å². The largest absolute Gasteiger partial charge is 0.392 e. The third-order valence-corrected chi connectivity index (χ3v) is 3.79. The third-order valence-electron chi connectivity index (χ3n) is 3.56. The maximum Gasteiger partial charge on any atom is 0.234 e. The van der Waals surface area contributed by atoms with E-state index in [2.05, 4.69) is 12.2 Å². The number of benzene rings is 1. The molecule has 116 valence electrons. The van der Waals surface area contributed by atoms with Crippen LogP contribution in [0, 0.1) is 0 Å². The molecule has 0 saturated heterocycles. The molecule has 3 N–H and O–H groups in total. The summed E-state index contributed by atoms with van der Waals surface area (Å²) in [4.78, 5) is 12.6. The molecule has 1 rings (SSSR count). The Morgan fingerprint density at radius 3 is 2.48 bits per heavy atom. The SMILES string of the molecule is CCCCCCC(C)NC(=O)C(C(N)=S)c1ccccc1. The summed E-state index contributed by atoms with van der Waals surface area (Å²) in [5.41, 5.74) is 6.60. The van der Waals surface area contributed by atoms with Gasteiger partial charge in [-0.15, -0.1) is 0 Å². The summed E-state index contributed by atoms with van der Waals surface area (Å²) in [6.07, 6.45) is 5.82. The van der Waals surface area contributed by atoms with Crippen molar-refractivity contribution in [1.82, 2.24) is 5.32 Å². The predicted molar refractivity (Wildman–Crippen MR) is 92.3 cm³/mol. The Hall–Kier alpha value is -1.42. The van der Waals surface area contributed by atoms with Crippen LogP contribution in [0.4, 0.5) is 0 Å². The first-order valence-electron chi connectivity index (χ1n) is 7.71. The van der Waals surface area contributed by atoms with Gasteiger partial charge in [-0.2, -0.15) is 0 Å². The van der Waals surface area contributed by atoms with Gasteiger partial charge in [0.2, 0.25) is 5.91 Å². The van der Waals surface area contributed by atoms with Gasteiger partial charge in [0.05, 0.1) is 4.99 Å². The minimum Gasteiger partial charge on any atom is -0.392 e. The quantitative estimate of drug-likeness (QED) is 0.542. The Kier molecular flexibility index (Phi) is 7.98. The molecule has 0 aliphatic heterocycles. The molecule has 0 fully saturated rings. The minimum atomic E-state index is -0.542. The monoisotopic (exact) mass is 306 g/mol. The van der Waals surface area contributed by atoms with E-state index in [4.69, 9.17) is 18.0 Å². The summed E-state index contributed by atoms with van der Waals surface area (Å²) in [7, 11) is 0. The Morgan fingerprint density at radius 1 is 1.24 bits per heavy atom. The van der Waals surface area contributed by atoms with Crippen molar-refractivity contribution in [3.63, 3.8) is 0 Å². The highest BCUT2D eigenvalue weighted by atomic mass is 32.1. The normalized spacial score (nSPS) is 13.4. The lowest BCUT2D eigenvalue weighted by atomic mass is 9.97. The Labute approximate surface area is 133 Å². The highest BCUT2D eigenvalue weighted by Gasteiger charge is 2.24.